The van der Waals surface area contributed by atoms with Crippen LogP contribution in [0.3, 0.4) is 0 Å². The summed E-state index contributed by atoms with van der Waals surface area (Å²) in [6.45, 7) is 0. The summed E-state index contributed by atoms with van der Waals surface area (Å²) in [6, 6.07) is 18.6. The van der Waals surface area contributed by atoms with Gasteiger partial charge in [0, 0.05) is 0 Å². The molecule has 140 valence electrons. The minimum atomic E-state index is -4.20. The van der Waals surface area contributed by atoms with Crippen molar-refractivity contribution in [2.24, 2.45) is 5.14 Å². The number of rotatable bonds is 5. The molecular formula is C18H14ClNO5S2. The van der Waals surface area contributed by atoms with E-state index in [1.807, 2.05) is 30.3 Å². The lowest BCUT2D eigenvalue weighted by Crippen LogP contribution is -2.13. The third-order valence-corrected chi connectivity index (χ3v) is 6.15. The molecule has 0 heterocycles. The second-order valence-electron chi connectivity index (χ2n) is 5.57. The van der Waals surface area contributed by atoms with Gasteiger partial charge >= 0.3 is 10.1 Å². The quantitative estimate of drug-likeness (QED) is 0.633. The van der Waals surface area contributed by atoms with Crippen molar-refractivity contribution in [3.8, 4) is 16.9 Å². The summed E-state index contributed by atoms with van der Waals surface area (Å²) in [5, 5.41) is 5.12. The molecule has 2 N–H and O–H groups in total. The van der Waals surface area contributed by atoms with E-state index in [1.54, 1.807) is 12.1 Å². The Balaban J connectivity index is 1.88. The summed E-state index contributed by atoms with van der Waals surface area (Å²) in [5.41, 5.74) is 1.73. The zero-order valence-corrected chi connectivity index (χ0v) is 16.1. The molecule has 0 unspecified atom stereocenters. The standard InChI is InChI=1S/C18H14ClNO5S2/c19-17-12-14(13-4-2-1-3-5-13)6-11-18(17)25-27(23,24)16-9-7-15(8-10-16)26(20,21)22/h1-12H,(H2,20,21,22). The molecule has 3 rings (SSSR count). The predicted octanol–water partition coefficient (Wildman–Crippen LogP) is 3.42. The van der Waals surface area contributed by atoms with Gasteiger partial charge in [0.1, 0.15) is 4.90 Å². The molecule has 0 radical (unpaired) electrons. The van der Waals surface area contributed by atoms with E-state index < -0.39 is 20.1 Å². The van der Waals surface area contributed by atoms with Gasteiger partial charge in [-0.2, -0.15) is 8.42 Å². The lowest BCUT2D eigenvalue weighted by Gasteiger charge is -2.10. The maximum atomic E-state index is 12.4. The van der Waals surface area contributed by atoms with Crippen LogP contribution < -0.4 is 9.32 Å². The molecule has 0 aliphatic heterocycles. The van der Waals surface area contributed by atoms with Crippen LogP contribution in [0.4, 0.5) is 0 Å². The van der Waals surface area contributed by atoms with Crippen molar-refractivity contribution in [1.29, 1.82) is 0 Å². The van der Waals surface area contributed by atoms with Crippen molar-refractivity contribution < 1.29 is 21.0 Å². The van der Waals surface area contributed by atoms with E-state index in [2.05, 4.69) is 0 Å². The molecular weight excluding hydrogens is 410 g/mol. The van der Waals surface area contributed by atoms with Crippen LogP contribution in [0.1, 0.15) is 0 Å². The topological polar surface area (TPSA) is 104 Å². The number of halogens is 1. The van der Waals surface area contributed by atoms with E-state index >= 15 is 0 Å². The first-order chi connectivity index (χ1) is 12.7. The first kappa shape index (κ1) is 19.4. The van der Waals surface area contributed by atoms with Crippen molar-refractivity contribution in [3.05, 3.63) is 77.8 Å². The third-order valence-electron chi connectivity index (χ3n) is 3.68. The highest BCUT2D eigenvalue weighted by molar-refractivity contribution is 7.89. The molecule has 27 heavy (non-hydrogen) atoms. The number of nitrogens with two attached hydrogens (primary N) is 1. The summed E-state index contributed by atoms with van der Waals surface area (Å²) in [5.74, 6) is -0.0353. The Bertz CT molecular complexity index is 1180. The lowest BCUT2D eigenvalue weighted by molar-refractivity contribution is 0.486. The minimum absolute atomic E-state index is 0.0353. The van der Waals surface area contributed by atoms with Crippen molar-refractivity contribution >= 4 is 31.7 Å². The highest BCUT2D eigenvalue weighted by Crippen LogP contribution is 2.32. The third kappa shape index (κ3) is 4.48. The Morgan fingerprint density at radius 1 is 0.741 bits per heavy atom. The predicted molar refractivity (Wildman–Crippen MR) is 103 cm³/mol. The normalized spacial score (nSPS) is 11.9. The number of primary sulfonamides is 1. The van der Waals surface area contributed by atoms with Gasteiger partial charge in [-0.1, -0.05) is 48.0 Å². The first-order valence-electron chi connectivity index (χ1n) is 7.59. The van der Waals surface area contributed by atoms with Gasteiger partial charge in [0.2, 0.25) is 10.0 Å². The molecule has 3 aromatic carbocycles. The van der Waals surface area contributed by atoms with Crippen LogP contribution in [0.25, 0.3) is 11.1 Å². The summed E-state index contributed by atoms with van der Waals surface area (Å²) in [4.78, 5) is -0.426. The Kier molecular flexibility index (Phi) is 5.25. The molecule has 0 spiro atoms. The van der Waals surface area contributed by atoms with Gasteiger partial charge < -0.3 is 4.18 Å². The van der Waals surface area contributed by atoms with E-state index in [4.69, 9.17) is 20.9 Å². The van der Waals surface area contributed by atoms with E-state index in [9.17, 15) is 16.8 Å². The summed E-state index contributed by atoms with van der Waals surface area (Å²) < 4.78 is 52.4. The molecule has 0 saturated heterocycles. The molecule has 0 aromatic heterocycles. The van der Waals surface area contributed by atoms with Gasteiger partial charge in [0.25, 0.3) is 0 Å². The molecule has 0 amide bonds. The maximum Gasteiger partial charge on any atom is 0.339 e. The Labute approximate surface area is 162 Å². The highest BCUT2D eigenvalue weighted by atomic mass is 35.5. The fraction of sp³-hybridized carbons (Fsp3) is 0. The monoisotopic (exact) mass is 423 g/mol. The Hall–Kier alpha value is -2.39. The van der Waals surface area contributed by atoms with E-state index in [0.29, 0.717) is 0 Å². The number of benzene rings is 3. The SMILES string of the molecule is NS(=O)(=O)c1ccc(S(=O)(=O)Oc2ccc(-c3ccccc3)cc2Cl)cc1. The van der Waals surface area contributed by atoms with Gasteiger partial charge in [-0.25, -0.2) is 13.6 Å². The Morgan fingerprint density at radius 3 is 1.89 bits per heavy atom. The largest absolute Gasteiger partial charge is 0.377 e. The van der Waals surface area contributed by atoms with Crippen molar-refractivity contribution in [3.63, 3.8) is 0 Å². The average Bonchev–Trinajstić information content (AvgIpc) is 2.63. The van der Waals surface area contributed by atoms with Crippen LogP contribution in [-0.2, 0) is 20.1 Å². The highest BCUT2D eigenvalue weighted by Gasteiger charge is 2.20. The fourth-order valence-electron chi connectivity index (χ4n) is 2.34. The second kappa shape index (κ2) is 7.32. The molecule has 6 nitrogen and oxygen atoms in total. The number of hydrogen-bond acceptors (Lipinski definition) is 5. The van der Waals surface area contributed by atoms with Crippen molar-refractivity contribution in [1.82, 2.24) is 0 Å². The van der Waals surface area contributed by atoms with Gasteiger partial charge in [-0.15, -0.1) is 0 Å². The fourth-order valence-corrected chi connectivity index (χ4v) is 4.07. The summed E-state index contributed by atoms with van der Waals surface area (Å²) >= 11 is 6.17. The molecule has 0 bridgehead atoms. The van der Waals surface area contributed by atoms with Gasteiger partial charge in [0.15, 0.2) is 5.75 Å². The molecule has 0 saturated carbocycles. The first-order valence-corrected chi connectivity index (χ1v) is 10.9. The van der Waals surface area contributed by atoms with Crippen LogP contribution in [-0.4, -0.2) is 16.8 Å². The van der Waals surface area contributed by atoms with Crippen molar-refractivity contribution in [2.75, 3.05) is 0 Å². The van der Waals surface area contributed by atoms with Crippen LogP contribution in [0.2, 0.25) is 5.02 Å². The Morgan fingerprint density at radius 2 is 1.33 bits per heavy atom. The molecule has 0 aliphatic rings. The van der Waals surface area contributed by atoms with E-state index in [1.165, 1.54) is 6.07 Å². The van der Waals surface area contributed by atoms with Gasteiger partial charge in [0.05, 0.1) is 9.92 Å². The average molecular weight is 424 g/mol. The zero-order valence-electron chi connectivity index (χ0n) is 13.7. The number of hydrogen-bond donors (Lipinski definition) is 1. The van der Waals surface area contributed by atoms with Crippen LogP contribution in [0.15, 0.2) is 82.6 Å². The minimum Gasteiger partial charge on any atom is -0.377 e. The smallest absolute Gasteiger partial charge is 0.339 e. The van der Waals surface area contributed by atoms with Crippen molar-refractivity contribution in [2.45, 2.75) is 9.79 Å². The molecule has 3 aromatic rings. The second-order valence-corrected chi connectivity index (χ2v) is 9.08. The molecule has 9 heteroatoms. The van der Waals surface area contributed by atoms with Crippen LogP contribution in [0, 0.1) is 0 Å². The zero-order chi connectivity index (χ0) is 19.7. The lowest BCUT2D eigenvalue weighted by atomic mass is 10.1. The van der Waals surface area contributed by atoms with E-state index in [-0.39, 0.29) is 20.6 Å². The van der Waals surface area contributed by atoms with E-state index in [0.717, 1.165) is 35.4 Å². The molecule has 0 aliphatic carbocycles. The van der Waals surface area contributed by atoms with Gasteiger partial charge in [-0.3, -0.25) is 0 Å². The summed E-state index contributed by atoms with van der Waals surface area (Å²) in [7, 11) is -8.11. The molecule has 0 atom stereocenters. The summed E-state index contributed by atoms with van der Waals surface area (Å²) in [6.07, 6.45) is 0. The number of sulfonamides is 1. The van der Waals surface area contributed by atoms with Crippen LogP contribution >= 0.6 is 11.6 Å². The van der Waals surface area contributed by atoms with Gasteiger partial charge in [-0.05, 0) is 47.5 Å². The maximum absolute atomic E-state index is 12.4. The molecule has 0 fully saturated rings. The van der Waals surface area contributed by atoms with Crippen LogP contribution in [0.5, 0.6) is 5.75 Å².